The Balaban J connectivity index is 1.36. The molecule has 2 heterocycles. The van der Waals surface area contributed by atoms with Gasteiger partial charge in [-0.25, -0.2) is 0 Å². The van der Waals surface area contributed by atoms with Crippen LogP contribution in [0, 0.1) is 0 Å². The summed E-state index contributed by atoms with van der Waals surface area (Å²) in [5, 5.41) is 6.53. The standard InChI is InChI=1S/C20H22N2O3/c23-20(12-14-5-6-18-19(11-14)25-10-9-24-18)22-13-17-16-4-2-1-3-15(16)7-8-21-17/h1-6,11,17,21H,7-10,12-13H2,(H,22,23). The van der Waals surface area contributed by atoms with E-state index in [1.54, 1.807) is 0 Å². The molecular weight excluding hydrogens is 316 g/mol. The zero-order valence-electron chi connectivity index (χ0n) is 14.1. The molecule has 0 saturated heterocycles. The molecule has 5 nitrogen and oxygen atoms in total. The number of hydrogen-bond donors (Lipinski definition) is 2. The van der Waals surface area contributed by atoms with Crippen molar-refractivity contribution in [2.24, 2.45) is 0 Å². The van der Waals surface area contributed by atoms with Crippen molar-refractivity contribution in [3.05, 3.63) is 59.2 Å². The number of nitrogens with one attached hydrogen (secondary N) is 2. The highest BCUT2D eigenvalue weighted by Crippen LogP contribution is 2.30. The van der Waals surface area contributed by atoms with Crippen LogP contribution in [-0.4, -0.2) is 32.2 Å². The van der Waals surface area contributed by atoms with Gasteiger partial charge in [-0.15, -0.1) is 0 Å². The molecule has 4 rings (SSSR count). The highest BCUT2D eigenvalue weighted by atomic mass is 16.6. The van der Waals surface area contributed by atoms with Crippen molar-refractivity contribution in [1.29, 1.82) is 0 Å². The highest BCUT2D eigenvalue weighted by molar-refractivity contribution is 5.78. The minimum Gasteiger partial charge on any atom is -0.486 e. The Hall–Kier alpha value is -2.53. The predicted molar refractivity (Wildman–Crippen MR) is 95.0 cm³/mol. The molecule has 0 fully saturated rings. The lowest BCUT2D eigenvalue weighted by atomic mass is 9.94. The van der Waals surface area contributed by atoms with E-state index >= 15 is 0 Å². The lowest BCUT2D eigenvalue weighted by molar-refractivity contribution is -0.120. The van der Waals surface area contributed by atoms with Gasteiger partial charge in [0.2, 0.25) is 5.91 Å². The molecular formula is C20H22N2O3. The van der Waals surface area contributed by atoms with Gasteiger partial charge in [0.1, 0.15) is 13.2 Å². The molecule has 0 radical (unpaired) electrons. The van der Waals surface area contributed by atoms with E-state index in [1.807, 2.05) is 18.2 Å². The van der Waals surface area contributed by atoms with Crippen LogP contribution in [-0.2, 0) is 17.6 Å². The number of rotatable bonds is 4. The summed E-state index contributed by atoms with van der Waals surface area (Å²) in [6.45, 7) is 2.66. The monoisotopic (exact) mass is 338 g/mol. The van der Waals surface area contributed by atoms with E-state index in [9.17, 15) is 4.79 Å². The Morgan fingerprint density at radius 3 is 2.88 bits per heavy atom. The fourth-order valence-electron chi connectivity index (χ4n) is 3.44. The lowest BCUT2D eigenvalue weighted by Gasteiger charge is -2.27. The van der Waals surface area contributed by atoms with Gasteiger partial charge in [0.15, 0.2) is 11.5 Å². The quantitative estimate of drug-likeness (QED) is 0.895. The van der Waals surface area contributed by atoms with Gasteiger partial charge in [-0.2, -0.15) is 0 Å². The Morgan fingerprint density at radius 1 is 1.12 bits per heavy atom. The first-order valence-electron chi connectivity index (χ1n) is 8.76. The molecule has 25 heavy (non-hydrogen) atoms. The molecule has 1 unspecified atom stereocenters. The van der Waals surface area contributed by atoms with Gasteiger partial charge in [0.05, 0.1) is 6.42 Å². The summed E-state index contributed by atoms with van der Waals surface area (Å²) in [6.07, 6.45) is 1.38. The highest BCUT2D eigenvalue weighted by Gasteiger charge is 2.20. The zero-order chi connectivity index (χ0) is 17.1. The molecule has 0 bridgehead atoms. The summed E-state index contributed by atoms with van der Waals surface area (Å²) in [4.78, 5) is 12.3. The normalized spacial score (nSPS) is 18.3. The second kappa shape index (κ2) is 7.15. The number of ether oxygens (including phenoxy) is 2. The number of carbonyl (C=O) groups is 1. The van der Waals surface area contributed by atoms with Gasteiger partial charge >= 0.3 is 0 Å². The van der Waals surface area contributed by atoms with Crippen LogP contribution in [0.1, 0.15) is 22.7 Å². The Morgan fingerprint density at radius 2 is 1.96 bits per heavy atom. The number of fused-ring (bicyclic) bond motifs is 2. The maximum atomic E-state index is 12.3. The van der Waals surface area contributed by atoms with Crippen molar-refractivity contribution in [3.8, 4) is 11.5 Å². The molecule has 2 N–H and O–H groups in total. The van der Waals surface area contributed by atoms with E-state index in [1.165, 1.54) is 11.1 Å². The van der Waals surface area contributed by atoms with Gasteiger partial charge in [0, 0.05) is 12.6 Å². The molecule has 1 amide bonds. The van der Waals surface area contributed by atoms with Crippen molar-refractivity contribution in [3.63, 3.8) is 0 Å². The van der Waals surface area contributed by atoms with E-state index in [0.29, 0.717) is 26.2 Å². The number of amides is 1. The summed E-state index contributed by atoms with van der Waals surface area (Å²) in [5.41, 5.74) is 3.58. The largest absolute Gasteiger partial charge is 0.486 e. The second-order valence-electron chi connectivity index (χ2n) is 6.41. The average Bonchev–Trinajstić information content (AvgIpc) is 2.66. The molecule has 130 valence electrons. The van der Waals surface area contributed by atoms with Gasteiger partial charge in [-0.1, -0.05) is 30.3 Å². The summed E-state index contributed by atoms with van der Waals surface area (Å²) in [7, 11) is 0. The molecule has 0 saturated carbocycles. The zero-order valence-corrected chi connectivity index (χ0v) is 14.1. The van der Waals surface area contributed by atoms with E-state index in [2.05, 4.69) is 34.9 Å². The topological polar surface area (TPSA) is 59.6 Å². The molecule has 0 spiro atoms. The summed E-state index contributed by atoms with van der Waals surface area (Å²) in [6, 6.07) is 14.3. The van der Waals surface area contributed by atoms with Gasteiger partial charge in [0.25, 0.3) is 0 Å². The van der Waals surface area contributed by atoms with Gasteiger partial charge in [-0.3, -0.25) is 4.79 Å². The van der Waals surface area contributed by atoms with Crippen LogP contribution in [0.5, 0.6) is 11.5 Å². The van der Waals surface area contributed by atoms with Crippen LogP contribution >= 0.6 is 0 Å². The number of hydrogen-bond acceptors (Lipinski definition) is 4. The summed E-state index contributed by atoms with van der Waals surface area (Å²) in [5.74, 6) is 1.49. The molecule has 2 aliphatic heterocycles. The summed E-state index contributed by atoms with van der Waals surface area (Å²) >= 11 is 0. The fraction of sp³-hybridized carbons (Fsp3) is 0.350. The first-order valence-corrected chi connectivity index (χ1v) is 8.76. The minimum atomic E-state index is 0.0153. The Kier molecular flexibility index (Phi) is 4.57. The smallest absolute Gasteiger partial charge is 0.224 e. The Labute approximate surface area is 147 Å². The maximum absolute atomic E-state index is 12.3. The molecule has 0 aromatic heterocycles. The third-order valence-electron chi connectivity index (χ3n) is 4.69. The molecule has 2 aromatic rings. The third kappa shape index (κ3) is 3.61. The van der Waals surface area contributed by atoms with Crippen molar-refractivity contribution >= 4 is 5.91 Å². The van der Waals surface area contributed by atoms with Crippen LogP contribution in [0.2, 0.25) is 0 Å². The number of carbonyl (C=O) groups excluding carboxylic acids is 1. The van der Waals surface area contributed by atoms with Crippen LogP contribution < -0.4 is 20.1 Å². The van der Waals surface area contributed by atoms with E-state index in [-0.39, 0.29) is 11.9 Å². The SMILES string of the molecule is O=C(Cc1ccc2c(c1)OCCO2)NCC1NCCc2ccccc21. The van der Waals surface area contributed by atoms with Crippen LogP contribution in [0.3, 0.4) is 0 Å². The average molecular weight is 338 g/mol. The van der Waals surface area contributed by atoms with Crippen LogP contribution in [0.25, 0.3) is 0 Å². The molecule has 5 heteroatoms. The molecule has 2 aromatic carbocycles. The second-order valence-corrected chi connectivity index (χ2v) is 6.41. The third-order valence-corrected chi connectivity index (χ3v) is 4.69. The van der Waals surface area contributed by atoms with Crippen molar-refractivity contribution < 1.29 is 14.3 Å². The predicted octanol–water partition coefficient (Wildman–Crippen LogP) is 2.00. The number of benzene rings is 2. The van der Waals surface area contributed by atoms with Crippen LogP contribution in [0.4, 0.5) is 0 Å². The van der Waals surface area contributed by atoms with Crippen LogP contribution in [0.15, 0.2) is 42.5 Å². The molecule has 0 aliphatic carbocycles. The lowest BCUT2D eigenvalue weighted by Crippen LogP contribution is -2.39. The molecule has 2 aliphatic rings. The van der Waals surface area contributed by atoms with Crippen molar-refractivity contribution in [2.45, 2.75) is 18.9 Å². The first-order chi connectivity index (χ1) is 12.3. The molecule has 1 atom stereocenters. The van der Waals surface area contributed by atoms with Gasteiger partial charge < -0.3 is 20.1 Å². The summed E-state index contributed by atoms with van der Waals surface area (Å²) < 4.78 is 11.1. The minimum absolute atomic E-state index is 0.0153. The van der Waals surface area contributed by atoms with Crippen molar-refractivity contribution in [1.82, 2.24) is 10.6 Å². The maximum Gasteiger partial charge on any atom is 0.224 e. The van der Waals surface area contributed by atoms with E-state index < -0.39 is 0 Å². The first kappa shape index (κ1) is 16.0. The van der Waals surface area contributed by atoms with E-state index in [0.717, 1.165) is 30.0 Å². The Bertz CT molecular complexity index is 775. The van der Waals surface area contributed by atoms with Gasteiger partial charge in [-0.05, 0) is 41.8 Å². The van der Waals surface area contributed by atoms with E-state index in [4.69, 9.17) is 9.47 Å². The fourth-order valence-corrected chi connectivity index (χ4v) is 3.44. The van der Waals surface area contributed by atoms with Crippen molar-refractivity contribution in [2.75, 3.05) is 26.3 Å².